The van der Waals surface area contributed by atoms with Crippen molar-refractivity contribution in [1.82, 2.24) is 0 Å². The van der Waals surface area contributed by atoms with Crippen molar-refractivity contribution in [2.24, 2.45) is 28.0 Å². The minimum Gasteiger partial charge on any atom is -0.463 e. The van der Waals surface area contributed by atoms with Gasteiger partial charge >= 0.3 is 30.2 Å². The summed E-state index contributed by atoms with van der Waals surface area (Å²) in [5.74, 6) is -4.58. The van der Waals surface area contributed by atoms with E-state index in [-0.39, 0.29) is 31.4 Å². The van der Waals surface area contributed by atoms with Crippen LogP contribution in [-0.4, -0.2) is 151 Å². The van der Waals surface area contributed by atoms with Gasteiger partial charge in [-0.2, -0.15) is 19.2 Å². The average molecular weight is 1220 g/mol. The van der Waals surface area contributed by atoms with Gasteiger partial charge < -0.3 is 61.6 Å². The van der Waals surface area contributed by atoms with Crippen LogP contribution in [0, 0.1) is 23.2 Å². The highest BCUT2D eigenvalue weighted by Crippen LogP contribution is 2.42. The second kappa shape index (κ2) is 33.5. The predicted molar refractivity (Wildman–Crippen MR) is 281 cm³/mol. The summed E-state index contributed by atoms with van der Waals surface area (Å²) in [7, 11) is 0. The van der Waals surface area contributed by atoms with Crippen molar-refractivity contribution in [3.8, 4) is 0 Å². The van der Waals surface area contributed by atoms with E-state index in [0.29, 0.717) is 6.42 Å². The summed E-state index contributed by atoms with van der Waals surface area (Å²) in [6.07, 6.45) is -15.3. The Hall–Kier alpha value is -5.79. The number of carbonyl (C=O) groups excluding carboxylic acids is 7. The number of rotatable bonds is 20. The molecule has 4 heterocycles. The zero-order valence-electron chi connectivity index (χ0n) is 46.1. The number of hydrogen-bond acceptors (Lipinski definition) is 23. The van der Waals surface area contributed by atoms with Gasteiger partial charge in [0.1, 0.15) is 37.1 Å². The number of carbonyl (C=O) groups is 3. The zero-order chi connectivity index (χ0) is 60.8. The summed E-state index contributed by atoms with van der Waals surface area (Å²) >= 11 is 17.8. The lowest BCUT2D eigenvalue weighted by molar-refractivity contribution is -0.368. The molecule has 1 N–H and O–H groups in total. The Morgan fingerprint density at radius 2 is 1.00 bits per heavy atom. The van der Waals surface area contributed by atoms with Crippen LogP contribution in [-0.2, 0) is 108 Å². The lowest BCUT2D eigenvalue weighted by Gasteiger charge is -2.51. The number of halogens is 3. The zero-order valence-corrected chi connectivity index (χ0v) is 48.4. The van der Waals surface area contributed by atoms with Crippen molar-refractivity contribution in [3.05, 3.63) is 92.7 Å². The fraction of sp³-hybridized carbons (Fsp3) is 0.654. The second-order valence-electron chi connectivity index (χ2n) is 19.3. The van der Waals surface area contributed by atoms with E-state index in [9.17, 15) is 25.4 Å². The first-order chi connectivity index (χ1) is 39.0. The first-order valence-electron chi connectivity index (χ1n) is 25.7. The summed E-state index contributed by atoms with van der Waals surface area (Å²) in [6, 6.07) is 16.4. The van der Waals surface area contributed by atoms with Crippen molar-refractivity contribution >= 4 is 70.9 Å². The van der Waals surface area contributed by atoms with Gasteiger partial charge in [-0.3, -0.25) is 19.8 Å². The third-order valence-corrected chi connectivity index (χ3v) is 14.2. The second-order valence-corrected chi connectivity index (χ2v) is 21.5. The van der Waals surface area contributed by atoms with E-state index in [1.807, 2.05) is 88.4 Å². The van der Waals surface area contributed by atoms with Crippen LogP contribution in [0.5, 0.6) is 0 Å². The molecular formula is C52H66Cl3N7O20. The van der Waals surface area contributed by atoms with Gasteiger partial charge in [-0.15, -0.1) is 0 Å². The lowest BCUT2D eigenvalue weighted by atomic mass is 9.87. The molecule has 0 bridgehead atoms. The highest BCUT2D eigenvalue weighted by atomic mass is 35.6. The average Bonchev–Trinajstić information content (AvgIpc) is 3.63. The highest BCUT2D eigenvalue weighted by Gasteiger charge is 2.56. The van der Waals surface area contributed by atoms with E-state index in [1.54, 1.807) is 13.8 Å². The fourth-order valence-corrected chi connectivity index (χ4v) is 9.85. The molecule has 82 heavy (non-hydrogen) atoms. The maximum absolute atomic E-state index is 13.1. The van der Waals surface area contributed by atoms with Gasteiger partial charge in [0.05, 0.1) is 49.8 Å². The molecule has 4 fully saturated rings. The molecule has 4 aliphatic rings. The maximum atomic E-state index is 13.1. The van der Waals surface area contributed by atoms with Crippen LogP contribution < -0.4 is 0 Å². The molecular weight excluding hydrogens is 1150 g/mol. The number of nitrogens with zero attached hydrogens (tertiary/aromatic N) is 6. The SMILES string of the molecule is CC[C@@H]1O[C@H](O[C@@H]2C(C)O[C@@H](O[C@@H]3C(COC(C)=O)OC(OC(=N)C(Cl)(Cl)Cl)C(N=[N+]=[N-])[C@H]3C)C(OC(C)=O)[C@@H]2OCc2ccccc2)C(N=[N+]=[N-])C(C)[C@@H]1O[C@@H]1O[C@@H](C)[C@@H](C)C(OCc2ccccc2)C1OC(C)=O.O=C=O.O=C=O. The third-order valence-electron chi connectivity index (χ3n) is 13.7. The monoisotopic (exact) mass is 1210 g/mol. The summed E-state index contributed by atoms with van der Waals surface area (Å²) in [4.78, 5) is 76.6. The standard InChI is InChI=1S/C50H66Cl3N7O16.2CO2/c1-10-34-38(73-47-43(69-30(8)62)40(24(2)27(5)67-47)65-21-32-17-13-11-14-18-32)25(3)36(57-59-55)45(71-34)75-41-28(6)68-48(44(70-31(9)63)42(41)66-22-33-19-15-12-16-20-33)74-39-26(4)37(58-60-56)46(76-49(54)50(51,52)53)72-35(39)23-64-29(7)61;2*2-1-3/h11-20,24-28,34-48,54H,10,21-23H2,1-9H3;;/t24-,25?,26-,27+,28?,34+,35?,36?,37?,38+,39+,40?,41-,42-,43?,44?,45-,46?,47+,48+;;/m1../s1. The summed E-state index contributed by atoms with van der Waals surface area (Å²) in [5, 5.41) is 16.3. The van der Waals surface area contributed by atoms with Crippen molar-refractivity contribution in [3.63, 3.8) is 0 Å². The molecule has 0 saturated carbocycles. The summed E-state index contributed by atoms with van der Waals surface area (Å²) in [6.45, 7) is 14.3. The van der Waals surface area contributed by atoms with Gasteiger partial charge in [-0.25, -0.2) is 0 Å². The minimum absolute atomic E-state index is 0.0269. The summed E-state index contributed by atoms with van der Waals surface area (Å²) < 4.78 is 79.9. The Labute approximate surface area is 487 Å². The van der Waals surface area contributed by atoms with Crippen LogP contribution in [0.4, 0.5) is 0 Å². The van der Waals surface area contributed by atoms with E-state index in [1.165, 1.54) is 20.8 Å². The fourth-order valence-electron chi connectivity index (χ4n) is 9.72. The molecule has 4 saturated heterocycles. The Morgan fingerprint density at radius 1 is 0.573 bits per heavy atom. The Bertz CT molecular complexity index is 2540. The van der Waals surface area contributed by atoms with Crippen LogP contribution in [0.25, 0.3) is 20.9 Å². The molecule has 0 aromatic heterocycles. The van der Waals surface area contributed by atoms with Crippen LogP contribution in [0.3, 0.4) is 0 Å². The minimum atomic E-state index is -2.32. The Kier molecular flexibility index (Phi) is 28.1. The van der Waals surface area contributed by atoms with Gasteiger partial charge in [0.2, 0.25) is 12.2 Å². The molecule has 30 heteroatoms. The molecule has 27 nitrogen and oxygen atoms in total. The molecule has 6 rings (SSSR count). The summed E-state index contributed by atoms with van der Waals surface area (Å²) in [5.41, 5.74) is 21.4. The topological polar surface area (TPSA) is 361 Å². The first kappa shape index (κ1) is 68.7. The largest absolute Gasteiger partial charge is 0.463 e. The van der Waals surface area contributed by atoms with Crippen LogP contribution >= 0.6 is 34.8 Å². The molecule has 0 aliphatic carbocycles. The van der Waals surface area contributed by atoms with Crippen molar-refractivity contribution < 1.29 is 95.1 Å². The molecule has 9 unspecified atom stereocenters. The molecule has 2 aromatic rings. The maximum Gasteiger partial charge on any atom is 0.373 e. The van der Waals surface area contributed by atoms with Gasteiger partial charge in [0.15, 0.2) is 31.1 Å². The number of hydrogen-bond donors (Lipinski definition) is 1. The smallest absolute Gasteiger partial charge is 0.373 e. The van der Waals surface area contributed by atoms with Gasteiger partial charge in [-0.1, -0.05) is 133 Å². The third kappa shape index (κ3) is 19.4. The molecule has 450 valence electrons. The van der Waals surface area contributed by atoms with E-state index in [0.717, 1.165) is 11.1 Å². The van der Waals surface area contributed by atoms with Gasteiger partial charge in [0.25, 0.3) is 3.79 Å². The van der Waals surface area contributed by atoms with Crippen LogP contribution in [0.15, 0.2) is 70.9 Å². The van der Waals surface area contributed by atoms with Crippen molar-refractivity contribution in [2.75, 3.05) is 6.61 Å². The molecule has 20 atom stereocenters. The predicted octanol–water partition coefficient (Wildman–Crippen LogP) is 7.55. The van der Waals surface area contributed by atoms with Crippen LogP contribution in [0.1, 0.15) is 79.9 Å². The number of alkyl halides is 3. The van der Waals surface area contributed by atoms with Gasteiger partial charge in [-0.05, 0) is 54.3 Å². The number of ether oxygens (including phenoxy) is 13. The molecule has 4 aliphatic heterocycles. The Morgan fingerprint density at radius 3 is 1.45 bits per heavy atom. The number of esters is 3. The first-order valence-corrected chi connectivity index (χ1v) is 26.9. The van der Waals surface area contributed by atoms with E-state index >= 15 is 0 Å². The normalized spacial score (nSPS) is 33.2. The highest BCUT2D eigenvalue weighted by molar-refractivity contribution is 6.76. The van der Waals surface area contributed by atoms with Crippen LogP contribution in [0.2, 0.25) is 0 Å². The van der Waals surface area contributed by atoms with Gasteiger partial charge in [0, 0.05) is 36.5 Å². The van der Waals surface area contributed by atoms with E-state index < -0.39 is 150 Å². The van der Waals surface area contributed by atoms with E-state index in [2.05, 4.69) is 20.1 Å². The lowest BCUT2D eigenvalue weighted by Crippen LogP contribution is -2.65. The molecule has 0 radical (unpaired) electrons. The molecule has 0 spiro atoms. The number of benzene rings is 2. The Balaban J connectivity index is 0.00000230. The number of azide groups is 2. The van der Waals surface area contributed by atoms with E-state index in [4.69, 9.17) is 121 Å². The number of nitrogens with one attached hydrogen (secondary N) is 1. The quantitative estimate of drug-likeness (QED) is 0.0195. The van der Waals surface area contributed by atoms with Crippen molar-refractivity contribution in [1.29, 1.82) is 5.41 Å². The molecule has 0 amide bonds. The van der Waals surface area contributed by atoms with Crippen molar-refractivity contribution in [2.45, 2.75) is 190 Å². The molecule has 2 aromatic carbocycles.